The Kier molecular flexibility index (Phi) is 3.61. The zero-order valence-corrected chi connectivity index (χ0v) is 8.58. The van der Waals surface area contributed by atoms with E-state index in [2.05, 4.69) is 0 Å². The van der Waals surface area contributed by atoms with E-state index >= 15 is 0 Å². The first-order valence-electron chi connectivity index (χ1n) is 4.51. The fraction of sp³-hybridized carbons (Fsp3) is 0.300. The van der Waals surface area contributed by atoms with Gasteiger partial charge in [-0.15, -0.1) is 0 Å². The second-order valence-electron chi connectivity index (χ2n) is 3.45. The molecule has 8 heteroatoms. The number of hydrogen-bond acceptors (Lipinski definition) is 2. The minimum atomic E-state index is -4.82. The Labute approximate surface area is 97.5 Å². The van der Waals surface area contributed by atoms with Crippen molar-refractivity contribution in [2.24, 2.45) is 0 Å². The number of hydrogen-bond donors (Lipinski definition) is 2. The Bertz CT molecular complexity index is 457. The first-order chi connectivity index (χ1) is 8.10. The van der Waals surface area contributed by atoms with Crippen LogP contribution in [0.4, 0.5) is 22.0 Å². The van der Waals surface area contributed by atoms with Gasteiger partial charge in [0.15, 0.2) is 0 Å². The van der Waals surface area contributed by atoms with E-state index in [-0.39, 0.29) is 6.07 Å². The molecule has 1 atom stereocenters. The van der Waals surface area contributed by atoms with Gasteiger partial charge in [0.2, 0.25) is 5.60 Å². The van der Waals surface area contributed by atoms with E-state index in [1.165, 1.54) is 0 Å². The summed E-state index contributed by atoms with van der Waals surface area (Å²) in [6.45, 7) is 0. The molecule has 1 aromatic carbocycles. The molecule has 0 fully saturated rings. The molecule has 0 saturated carbocycles. The highest BCUT2D eigenvalue weighted by Crippen LogP contribution is 2.34. The van der Waals surface area contributed by atoms with Gasteiger partial charge in [-0.05, 0) is 12.1 Å². The van der Waals surface area contributed by atoms with Crippen LogP contribution in [0.2, 0.25) is 0 Å². The number of aliphatic hydroxyl groups is 1. The van der Waals surface area contributed by atoms with Gasteiger partial charge in [0.25, 0.3) is 6.43 Å². The molecule has 0 aliphatic carbocycles. The number of benzene rings is 1. The Balaban J connectivity index is 3.36. The number of carboxylic acids is 1. The molecule has 0 aliphatic heterocycles. The third-order valence-electron chi connectivity index (χ3n) is 2.27. The van der Waals surface area contributed by atoms with Crippen molar-refractivity contribution in [2.75, 3.05) is 0 Å². The van der Waals surface area contributed by atoms with E-state index in [1.807, 2.05) is 0 Å². The van der Waals surface area contributed by atoms with Crippen LogP contribution in [0.3, 0.4) is 0 Å². The Morgan fingerprint density at radius 2 is 1.67 bits per heavy atom. The van der Waals surface area contributed by atoms with Crippen LogP contribution >= 0.6 is 0 Å². The maximum atomic E-state index is 12.5. The van der Waals surface area contributed by atoms with Crippen molar-refractivity contribution in [3.8, 4) is 0 Å². The van der Waals surface area contributed by atoms with E-state index < -0.39 is 35.3 Å². The molecule has 1 rings (SSSR count). The zero-order valence-electron chi connectivity index (χ0n) is 8.58. The van der Waals surface area contributed by atoms with Gasteiger partial charge in [0, 0.05) is 5.56 Å². The highest BCUT2D eigenvalue weighted by molar-refractivity contribution is 5.79. The van der Waals surface area contributed by atoms with Crippen LogP contribution in [0.5, 0.6) is 0 Å². The molecule has 3 nitrogen and oxygen atoms in total. The summed E-state index contributed by atoms with van der Waals surface area (Å²) in [7, 11) is 0. The Morgan fingerprint density at radius 3 is 2.06 bits per heavy atom. The predicted molar refractivity (Wildman–Crippen MR) is 49.0 cm³/mol. The highest BCUT2D eigenvalue weighted by Gasteiger charge is 2.48. The fourth-order valence-electron chi connectivity index (χ4n) is 1.28. The van der Waals surface area contributed by atoms with Crippen LogP contribution in [0.1, 0.15) is 11.1 Å². The summed E-state index contributed by atoms with van der Waals surface area (Å²) < 4.78 is 62.1. The maximum absolute atomic E-state index is 12.5. The standard InChI is InChI=1S/C10H7F5O3/c11-7(12)9(18,8(16)17)5-2-1-3-6(4-5)10(13,14)15/h1-4,7,18H,(H,16,17). The van der Waals surface area contributed by atoms with Gasteiger partial charge in [-0.1, -0.05) is 12.1 Å². The quantitative estimate of drug-likeness (QED) is 0.828. The molecule has 1 aromatic rings. The maximum Gasteiger partial charge on any atom is 0.416 e. The smallest absolute Gasteiger partial charge is 0.416 e. The Morgan fingerprint density at radius 1 is 1.17 bits per heavy atom. The number of carboxylic acid groups (broad SMARTS) is 1. The molecular weight excluding hydrogens is 263 g/mol. The predicted octanol–water partition coefficient (Wildman–Crippen LogP) is 2.24. The molecule has 100 valence electrons. The fourth-order valence-corrected chi connectivity index (χ4v) is 1.28. The topological polar surface area (TPSA) is 57.5 Å². The minimum absolute atomic E-state index is 0.181. The van der Waals surface area contributed by atoms with Gasteiger partial charge < -0.3 is 10.2 Å². The van der Waals surface area contributed by atoms with Gasteiger partial charge in [-0.25, -0.2) is 13.6 Å². The van der Waals surface area contributed by atoms with Crippen molar-refractivity contribution in [1.29, 1.82) is 0 Å². The first kappa shape index (κ1) is 14.4. The average Bonchev–Trinajstić information content (AvgIpc) is 2.26. The second kappa shape index (κ2) is 4.52. The normalized spacial score (nSPS) is 15.5. The summed E-state index contributed by atoms with van der Waals surface area (Å²) in [5.41, 5.74) is -6.01. The van der Waals surface area contributed by atoms with Crippen LogP contribution in [0, 0.1) is 0 Å². The van der Waals surface area contributed by atoms with Gasteiger partial charge in [0.1, 0.15) is 0 Å². The van der Waals surface area contributed by atoms with Gasteiger partial charge >= 0.3 is 12.1 Å². The second-order valence-corrected chi connectivity index (χ2v) is 3.45. The molecule has 2 N–H and O–H groups in total. The summed E-state index contributed by atoms with van der Waals surface area (Å²) in [5.74, 6) is -2.32. The highest BCUT2D eigenvalue weighted by atomic mass is 19.4. The number of alkyl halides is 5. The third-order valence-corrected chi connectivity index (χ3v) is 2.27. The molecule has 0 amide bonds. The van der Waals surface area contributed by atoms with Crippen LogP contribution in [0.25, 0.3) is 0 Å². The molecule has 0 bridgehead atoms. The molecule has 0 aromatic heterocycles. The lowest BCUT2D eigenvalue weighted by atomic mass is 9.93. The lowest BCUT2D eigenvalue weighted by Gasteiger charge is -2.23. The van der Waals surface area contributed by atoms with Crippen molar-refractivity contribution in [1.82, 2.24) is 0 Å². The molecule has 0 heterocycles. The minimum Gasteiger partial charge on any atom is -0.479 e. The first-order valence-corrected chi connectivity index (χ1v) is 4.51. The van der Waals surface area contributed by atoms with Gasteiger partial charge in [0.05, 0.1) is 5.56 Å². The molecular formula is C10H7F5O3. The van der Waals surface area contributed by atoms with E-state index in [4.69, 9.17) is 5.11 Å². The third kappa shape index (κ3) is 2.42. The Hall–Kier alpha value is -1.70. The lowest BCUT2D eigenvalue weighted by Crippen LogP contribution is -2.42. The average molecular weight is 270 g/mol. The van der Waals surface area contributed by atoms with Gasteiger partial charge in [-0.3, -0.25) is 0 Å². The van der Waals surface area contributed by atoms with Gasteiger partial charge in [-0.2, -0.15) is 13.2 Å². The number of carbonyl (C=O) groups is 1. The number of aliphatic carboxylic acids is 1. The van der Waals surface area contributed by atoms with Crippen LogP contribution < -0.4 is 0 Å². The number of rotatable bonds is 3. The van der Waals surface area contributed by atoms with Crippen molar-refractivity contribution >= 4 is 5.97 Å². The molecule has 0 radical (unpaired) electrons. The summed E-state index contributed by atoms with van der Waals surface area (Å²) in [5, 5.41) is 17.8. The van der Waals surface area contributed by atoms with E-state index in [0.29, 0.717) is 12.1 Å². The molecule has 1 unspecified atom stereocenters. The van der Waals surface area contributed by atoms with Crippen LogP contribution in [0.15, 0.2) is 24.3 Å². The zero-order chi connectivity index (χ0) is 14.1. The lowest BCUT2D eigenvalue weighted by molar-refractivity contribution is -0.179. The molecule has 18 heavy (non-hydrogen) atoms. The summed E-state index contributed by atoms with van der Waals surface area (Å²) in [6.07, 6.45) is -8.59. The summed E-state index contributed by atoms with van der Waals surface area (Å²) >= 11 is 0. The number of halogens is 5. The van der Waals surface area contributed by atoms with E-state index in [9.17, 15) is 31.9 Å². The SMILES string of the molecule is O=C(O)C(O)(c1cccc(C(F)(F)F)c1)C(F)F. The van der Waals surface area contributed by atoms with Crippen LogP contribution in [-0.2, 0) is 16.6 Å². The molecule has 0 aliphatic rings. The monoisotopic (exact) mass is 270 g/mol. The molecule has 0 saturated heterocycles. The van der Waals surface area contributed by atoms with Crippen molar-refractivity contribution in [2.45, 2.75) is 18.2 Å². The summed E-state index contributed by atoms with van der Waals surface area (Å²) in [4.78, 5) is 10.6. The van der Waals surface area contributed by atoms with Crippen molar-refractivity contribution in [3.63, 3.8) is 0 Å². The largest absolute Gasteiger partial charge is 0.479 e. The van der Waals surface area contributed by atoms with Crippen LogP contribution in [-0.4, -0.2) is 22.6 Å². The van der Waals surface area contributed by atoms with Crippen molar-refractivity contribution in [3.05, 3.63) is 35.4 Å². The van der Waals surface area contributed by atoms with E-state index in [1.54, 1.807) is 0 Å². The van der Waals surface area contributed by atoms with Crippen molar-refractivity contribution < 1.29 is 37.0 Å². The summed E-state index contributed by atoms with van der Waals surface area (Å²) in [6, 6.07) is 2.20. The van der Waals surface area contributed by atoms with E-state index in [0.717, 1.165) is 6.07 Å². The molecule has 0 spiro atoms.